The van der Waals surface area contributed by atoms with E-state index in [2.05, 4.69) is 22.6 Å². The first-order valence-electron chi connectivity index (χ1n) is 5.70. The summed E-state index contributed by atoms with van der Waals surface area (Å²) in [5, 5.41) is 6.69. The lowest BCUT2D eigenvalue weighted by atomic mass is 10.2. The second-order valence-corrected chi connectivity index (χ2v) is 5.15. The predicted octanol–water partition coefficient (Wildman–Crippen LogP) is 1.88. The van der Waals surface area contributed by atoms with Crippen molar-refractivity contribution in [1.29, 1.82) is 0 Å². The number of hydrogen-bond donors (Lipinski definition) is 2. The van der Waals surface area contributed by atoms with Crippen molar-refractivity contribution in [3.8, 4) is 0 Å². The first-order chi connectivity index (χ1) is 7.33. The molecule has 3 nitrogen and oxygen atoms in total. The van der Waals surface area contributed by atoms with Crippen LogP contribution in [0.25, 0.3) is 0 Å². The van der Waals surface area contributed by atoms with E-state index in [1.54, 1.807) is 11.3 Å². The zero-order valence-corrected chi connectivity index (χ0v) is 10.0. The summed E-state index contributed by atoms with van der Waals surface area (Å²) in [4.78, 5) is 4.43. The molecule has 1 aromatic rings. The number of rotatable bonds is 6. The monoisotopic (exact) mass is 225 g/mol. The van der Waals surface area contributed by atoms with Crippen LogP contribution in [0.2, 0.25) is 0 Å². The summed E-state index contributed by atoms with van der Waals surface area (Å²) in [6.45, 7) is 3.72. The SMILES string of the molecule is CCCC1CC1NCc1csc(CN)n1. The molecule has 1 fully saturated rings. The van der Waals surface area contributed by atoms with Gasteiger partial charge in [0.2, 0.25) is 0 Å². The van der Waals surface area contributed by atoms with E-state index in [1.807, 2.05) is 0 Å². The minimum atomic E-state index is 0.562. The maximum atomic E-state index is 5.52. The van der Waals surface area contributed by atoms with Crippen LogP contribution in [0.4, 0.5) is 0 Å². The number of nitrogens with two attached hydrogens (primary N) is 1. The summed E-state index contributed by atoms with van der Waals surface area (Å²) in [5.41, 5.74) is 6.66. The van der Waals surface area contributed by atoms with Crippen LogP contribution in [0.15, 0.2) is 5.38 Å². The highest BCUT2D eigenvalue weighted by Gasteiger charge is 2.35. The van der Waals surface area contributed by atoms with E-state index in [9.17, 15) is 0 Å². The number of aromatic nitrogens is 1. The lowest BCUT2D eigenvalue weighted by Gasteiger charge is -2.00. The van der Waals surface area contributed by atoms with Crippen molar-refractivity contribution >= 4 is 11.3 Å². The molecule has 0 saturated heterocycles. The van der Waals surface area contributed by atoms with Gasteiger partial charge in [0.05, 0.1) is 5.69 Å². The van der Waals surface area contributed by atoms with E-state index in [0.29, 0.717) is 6.54 Å². The van der Waals surface area contributed by atoms with Gasteiger partial charge in [-0.15, -0.1) is 11.3 Å². The fraction of sp³-hybridized carbons (Fsp3) is 0.727. The Hall–Kier alpha value is -0.450. The third-order valence-corrected chi connectivity index (χ3v) is 3.82. The molecule has 3 N–H and O–H groups in total. The second kappa shape index (κ2) is 5.05. The van der Waals surface area contributed by atoms with Crippen LogP contribution in [-0.4, -0.2) is 11.0 Å². The fourth-order valence-electron chi connectivity index (χ4n) is 1.95. The van der Waals surface area contributed by atoms with Crippen LogP contribution >= 0.6 is 11.3 Å². The fourth-order valence-corrected chi connectivity index (χ4v) is 2.62. The molecule has 0 aromatic carbocycles. The normalized spacial score (nSPS) is 24.4. The molecule has 1 aromatic heterocycles. The lowest BCUT2D eigenvalue weighted by molar-refractivity contribution is 0.594. The van der Waals surface area contributed by atoms with Crippen LogP contribution in [0, 0.1) is 5.92 Å². The van der Waals surface area contributed by atoms with Crippen LogP contribution in [0.5, 0.6) is 0 Å². The van der Waals surface area contributed by atoms with Gasteiger partial charge < -0.3 is 11.1 Å². The van der Waals surface area contributed by atoms with Crippen LogP contribution in [0.3, 0.4) is 0 Å². The maximum Gasteiger partial charge on any atom is 0.106 e. The maximum absolute atomic E-state index is 5.52. The molecular formula is C11H19N3S. The van der Waals surface area contributed by atoms with Crippen molar-refractivity contribution in [3.63, 3.8) is 0 Å². The number of thiazole rings is 1. The molecule has 0 aliphatic heterocycles. The van der Waals surface area contributed by atoms with Gasteiger partial charge in [-0.1, -0.05) is 13.3 Å². The first-order valence-corrected chi connectivity index (χ1v) is 6.58. The molecule has 84 valence electrons. The first kappa shape index (κ1) is 11.0. The topological polar surface area (TPSA) is 50.9 Å². The molecule has 0 amide bonds. The minimum absolute atomic E-state index is 0.562. The van der Waals surface area contributed by atoms with E-state index in [0.717, 1.165) is 29.2 Å². The summed E-state index contributed by atoms with van der Waals surface area (Å²) in [6.07, 6.45) is 4.02. The van der Waals surface area contributed by atoms with Crippen LogP contribution in [0.1, 0.15) is 36.9 Å². The Balaban J connectivity index is 1.70. The number of nitrogens with one attached hydrogen (secondary N) is 1. The van der Waals surface area contributed by atoms with Gasteiger partial charge in [-0.25, -0.2) is 4.98 Å². The average Bonchev–Trinajstić information content (AvgIpc) is 2.82. The summed E-state index contributed by atoms with van der Waals surface area (Å²) in [5.74, 6) is 0.919. The van der Waals surface area contributed by atoms with Gasteiger partial charge >= 0.3 is 0 Å². The quantitative estimate of drug-likeness (QED) is 0.777. The molecular weight excluding hydrogens is 206 g/mol. The van der Waals surface area contributed by atoms with Gasteiger partial charge in [-0.05, 0) is 18.8 Å². The molecule has 2 rings (SSSR count). The Bertz CT molecular complexity index is 311. The third kappa shape index (κ3) is 3.00. The number of nitrogens with zero attached hydrogens (tertiary/aromatic N) is 1. The highest BCUT2D eigenvalue weighted by atomic mass is 32.1. The molecule has 1 saturated carbocycles. The van der Waals surface area contributed by atoms with Gasteiger partial charge in [0.25, 0.3) is 0 Å². The molecule has 1 aliphatic rings. The zero-order chi connectivity index (χ0) is 10.7. The second-order valence-electron chi connectivity index (χ2n) is 4.21. The van der Waals surface area contributed by atoms with Gasteiger partial charge in [0.1, 0.15) is 5.01 Å². The lowest BCUT2D eigenvalue weighted by Crippen LogP contribution is -2.17. The molecule has 2 atom stereocenters. The van der Waals surface area contributed by atoms with E-state index < -0.39 is 0 Å². The third-order valence-electron chi connectivity index (χ3n) is 2.90. The molecule has 0 spiro atoms. The smallest absolute Gasteiger partial charge is 0.106 e. The van der Waals surface area contributed by atoms with E-state index >= 15 is 0 Å². The molecule has 1 heterocycles. The Labute approximate surface area is 95.1 Å². The Kier molecular flexibility index (Phi) is 3.72. The molecule has 4 heteroatoms. The van der Waals surface area contributed by atoms with E-state index in [1.165, 1.54) is 19.3 Å². The van der Waals surface area contributed by atoms with Gasteiger partial charge in [-0.3, -0.25) is 0 Å². The largest absolute Gasteiger partial charge is 0.325 e. The van der Waals surface area contributed by atoms with Crippen molar-refractivity contribution < 1.29 is 0 Å². The van der Waals surface area contributed by atoms with Crippen molar-refractivity contribution in [2.75, 3.05) is 0 Å². The molecule has 2 unspecified atom stereocenters. The van der Waals surface area contributed by atoms with Crippen molar-refractivity contribution in [2.24, 2.45) is 11.7 Å². The number of hydrogen-bond acceptors (Lipinski definition) is 4. The molecule has 15 heavy (non-hydrogen) atoms. The minimum Gasteiger partial charge on any atom is -0.325 e. The van der Waals surface area contributed by atoms with Crippen molar-refractivity contribution in [2.45, 2.75) is 45.3 Å². The predicted molar refractivity (Wildman–Crippen MR) is 63.6 cm³/mol. The van der Waals surface area contributed by atoms with Gasteiger partial charge in [0, 0.05) is 24.5 Å². The Morgan fingerprint density at radius 1 is 1.67 bits per heavy atom. The Morgan fingerprint density at radius 2 is 2.53 bits per heavy atom. The van der Waals surface area contributed by atoms with E-state index in [4.69, 9.17) is 5.73 Å². The summed E-state index contributed by atoms with van der Waals surface area (Å²) in [7, 11) is 0. The van der Waals surface area contributed by atoms with Gasteiger partial charge in [0.15, 0.2) is 0 Å². The molecule has 1 aliphatic carbocycles. The highest BCUT2D eigenvalue weighted by molar-refractivity contribution is 7.09. The zero-order valence-electron chi connectivity index (χ0n) is 9.20. The van der Waals surface area contributed by atoms with E-state index in [-0.39, 0.29) is 0 Å². The summed E-state index contributed by atoms with van der Waals surface area (Å²) in [6, 6.07) is 0.743. The average molecular weight is 225 g/mol. The standard InChI is InChI=1S/C11H19N3S/c1-2-3-8-4-10(8)13-6-9-7-15-11(5-12)14-9/h7-8,10,13H,2-6,12H2,1H3. The van der Waals surface area contributed by atoms with Crippen molar-refractivity contribution in [3.05, 3.63) is 16.1 Å². The molecule has 0 bridgehead atoms. The van der Waals surface area contributed by atoms with Crippen LogP contribution in [-0.2, 0) is 13.1 Å². The van der Waals surface area contributed by atoms with Crippen molar-refractivity contribution in [1.82, 2.24) is 10.3 Å². The summed E-state index contributed by atoms with van der Waals surface area (Å²) < 4.78 is 0. The Morgan fingerprint density at radius 3 is 3.20 bits per heavy atom. The van der Waals surface area contributed by atoms with Crippen LogP contribution < -0.4 is 11.1 Å². The summed E-state index contributed by atoms with van der Waals surface area (Å²) >= 11 is 1.66. The molecule has 0 radical (unpaired) electrons. The highest BCUT2D eigenvalue weighted by Crippen LogP contribution is 2.34. The van der Waals surface area contributed by atoms with Gasteiger partial charge in [-0.2, -0.15) is 0 Å².